The smallest absolute Gasteiger partial charge is 0.342 e. The van der Waals surface area contributed by atoms with E-state index in [9.17, 15) is 19.5 Å². The molecule has 1 aliphatic rings. The number of rotatable bonds is 5. The topological polar surface area (TPSA) is 114 Å². The summed E-state index contributed by atoms with van der Waals surface area (Å²) in [5, 5.41) is 14.8. The van der Waals surface area contributed by atoms with Gasteiger partial charge in [0.05, 0.1) is 24.4 Å². The molecule has 0 saturated carbocycles. The van der Waals surface area contributed by atoms with E-state index in [1.807, 2.05) is 0 Å². The number of hydrogen-bond donors (Lipinski definition) is 3. The Labute approximate surface area is 142 Å². The lowest BCUT2D eigenvalue weighted by Gasteiger charge is -2.21. The van der Waals surface area contributed by atoms with E-state index in [1.165, 1.54) is 18.2 Å². The van der Waals surface area contributed by atoms with Crippen LogP contribution in [0.2, 0.25) is 5.02 Å². The average molecular weight is 355 g/mol. The molecular formula is C15H15ClN2O6. The maximum atomic E-state index is 12.0. The van der Waals surface area contributed by atoms with Crippen molar-refractivity contribution in [1.82, 2.24) is 10.6 Å². The van der Waals surface area contributed by atoms with Crippen molar-refractivity contribution < 1.29 is 29.0 Å². The van der Waals surface area contributed by atoms with E-state index in [2.05, 4.69) is 10.6 Å². The molecule has 1 aromatic carbocycles. The Bertz CT molecular complexity index is 716. The van der Waals surface area contributed by atoms with Crippen LogP contribution < -0.4 is 10.6 Å². The molecule has 0 aromatic heterocycles. The van der Waals surface area contributed by atoms with E-state index in [4.69, 9.17) is 21.1 Å². The van der Waals surface area contributed by atoms with Crippen LogP contribution >= 0.6 is 11.6 Å². The van der Waals surface area contributed by atoms with Crippen molar-refractivity contribution in [3.8, 4) is 5.75 Å². The number of benzene rings is 1. The molecule has 0 saturated heterocycles. The van der Waals surface area contributed by atoms with E-state index in [-0.39, 0.29) is 47.4 Å². The molecule has 2 amide bonds. The van der Waals surface area contributed by atoms with Crippen LogP contribution in [0.3, 0.4) is 0 Å². The lowest BCUT2D eigenvalue weighted by Crippen LogP contribution is -2.45. The molecule has 0 bridgehead atoms. The summed E-state index contributed by atoms with van der Waals surface area (Å²) in [4.78, 5) is 35.3. The fourth-order valence-corrected chi connectivity index (χ4v) is 2.13. The van der Waals surface area contributed by atoms with Gasteiger partial charge >= 0.3 is 18.0 Å². The molecule has 0 atom stereocenters. The number of esters is 2. The van der Waals surface area contributed by atoms with Crippen molar-refractivity contribution in [3.63, 3.8) is 0 Å². The van der Waals surface area contributed by atoms with Crippen LogP contribution in [0.5, 0.6) is 5.75 Å². The predicted octanol–water partition coefficient (Wildman–Crippen LogP) is 1.33. The number of carbonyl (C=O) groups is 3. The molecule has 0 radical (unpaired) electrons. The molecule has 0 aliphatic carbocycles. The maximum absolute atomic E-state index is 12.0. The molecule has 0 fully saturated rings. The van der Waals surface area contributed by atoms with Crippen LogP contribution in [0.15, 0.2) is 29.5 Å². The molecule has 0 spiro atoms. The Morgan fingerprint density at radius 3 is 2.75 bits per heavy atom. The van der Waals surface area contributed by atoms with Crippen LogP contribution in [-0.2, 0) is 14.3 Å². The number of phenolic OH excluding ortho intramolecular Hbond substituents is 1. The minimum Gasteiger partial charge on any atom is -0.507 e. The van der Waals surface area contributed by atoms with Crippen LogP contribution in [0.25, 0.3) is 0 Å². The number of amides is 2. The van der Waals surface area contributed by atoms with E-state index >= 15 is 0 Å². The number of halogens is 1. The monoisotopic (exact) mass is 354 g/mol. The molecule has 8 nitrogen and oxygen atoms in total. The maximum Gasteiger partial charge on any atom is 0.342 e. The Hall–Kier alpha value is -2.74. The lowest BCUT2D eigenvalue weighted by molar-refractivity contribution is -0.138. The predicted molar refractivity (Wildman–Crippen MR) is 83.6 cm³/mol. The summed E-state index contributed by atoms with van der Waals surface area (Å²) >= 11 is 5.77. The molecular weight excluding hydrogens is 340 g/mol. The van der Waals surface area contributed by atoms with Crippen LogP contribution in [0.1, 0.15) is 17.3 Å². The Morgan fingerprint density at radius 2 is 2.04 bits per heavy atom. The highest BCUT2D eigenvalue weighted by atomic mass is 35.5. The zero-order chi connectivity index (χ0) is 17.7. The Morgan fingerprint density at radius 1 is 1.29 bits per heavy atom. The first-order valence-corrected chi connectivity index (χ1v) is 7.39. The zero-order valence-electron chi connectivity index (χ0n) is 12.7. The molecule has 24 heavy (non-hydrogen) atoms. The average Bonchev–Trinajstić information content (AvgIpc) is 2.55. The zero-order valence-corrected chi connectivity index (χ0v) is 13.5. The Kier molecular flexibility index (Phi) is 5.64. The standard InChI is InChI=1S/C15H15ClN2O6/c1-2-23-14(21)10-6-17-15(22)18-11(10)7-24-13(20)9-5-8(16)3-4-12(9)19/h3-5,19H,2,6-7H2,1H3,(H2,17,18,22). The van der Waals surface area contributed by atoms with Gasteiger partial charge in [0.1, 0.15) is 17.9 Å². The number of hydrogen-bond acceptors (Lipinski definition) is 6. The second-order valence-electron chi connectivity index (χ2n) is 4.72. The molecule has 3 N–H and O–H groups in total. The summed E-state index contributed by atoms with van der Waals surface area (Å²) in [5.41, 5.74) is 0.146. The van der Waals surface area contributed by atoms with Gasteiger partial charge < -0.3 is 25.2 Å². The van der Waals surface area contributed by atoms with Crippen molar-refractivity contribution >= 4 is 29.6 Å². The van der Waals surface area contributed by atoms with Crippen molar-refractivity contribution in [2.24, 2.45) is 0 Å². The van der Waals surface area contributed by atoms with Crippen LogP contribution in [0.4, 0.5) is 4.79 Å². The number of urea groups is 1. The van der Waals surface area contributed by atoms with Gasteiger partial charge in [-0.05, 0) is 25.1 Å². The minimum absolute atomic E-state index is 0.0417. The van der Waals surface area contributed by atoms with Gasteiger partial charge in [-0.2, -0.15) is 0 Å². The molecule has 0 unspecified atom stereocenters. The second kappa shape index (κ2) is 7.69. The summed E-state index contributed by atoms with van der Waals surface area (Å²) in [7, 11) is 0. The van der Waals surface area contributed by atoms with Gasteiger partial charge in [0.2, 0.25) is 0 Å². The molecule has 2 rings (SSSR count). The SMILES string of the molecule is CCOC(=O)C1=C(COC(=O)c2cc(Cl)ccc2O)NC(=O)NC1. The van der Waals surface area contributed by atoms with Gasteiger partial charge in [-0.3, -0.25) is 0 Å². The third-order valence-corrected chi connectivity index (χ3v) is 3.34. The van der Waals surface area contributed by atoms with Gasteiger partial charge in [-0.1, -0.05) is 11.6 Å². The number of aromatic hydroxyl groups is 1. The van der Waals surface area contributed by atoms with Gasteiger partial charge in [-0.15, -0.1) is 0 Å². The van der Waals surface area contributed by atoms with E-state index in [0.717, 1.165) is 0 Å². The molecule has 9 heteroatoms. The number of nitrogens with one attached hydrogen (secondary N) is 2. The van der Waals surface area contributed by atoms with Crippen LogP contribution in [0, 0.1) is 0 Å². The first-order valence-electron chi connectivity index (χ1n) is 7.02. The first-order chi connectivity index (χ1) is 11.4. The third-order valence-electron chi connectivity index (χ3n) is 3.10. The number of phenols is 1. The normalized spacial score (nSPS) is 13.8. The summed E-state index contributed by atoms with van der Waals surface area (Å²) in [6.45, 7) is 1.40. The van der Waals surface area contributed by atoms with Crippen molar-refractivity contribution in [2.45, 2.75) is 6.92 Å². The summed E-state index contributed by atoms with van der Waals surface area (Å²) in [6, 6.07) is 3.40. The van der Waals surface area contributed by atoms with Gasteiger partial charge in [0.15, 0.2) is 0 Å². The fourth-order valence-electron chi connectivity index (χ4n) is 1.96. The summed E-state index contributed by atoms with van der Waals surface area (Å²) in [5.74, 6) is -1.77. The Balaban J connectivity index is 2.14. The largest absolute Gasteiger partial charge is 0.507 e. The molecule has 128 valence electrons. The third kappa shape index (κ3) is 4.17. The van der Waals surface area contributed by atoms with Crippen molar-refractivity contribution in [2.75, 3.05) is 19.8 Å². The molecule has 1 aliphatic heterocycles. The van der Waals surface area contributed by atoms with Crippen LogP contribution in [-0.4, -0.2) is 42.8 Å². The van der Waals surface area contributed by atoms with Crippen molar-refractivity contribution in [3.05, 3.63) is 40.1 Å². The second-order valence-corrected chi connectivity index (χ2v) is 5.16. The molecule has 1 heterocycles. The number of ether oxygens (including phenoxy) is 2. The minimum atomic E-state index is -0.849. The van der Waals surface area contributed by atoms with Gasteiger partial charge in [-0.25, -0.2) is 14.4 Å². The highest BCUT2D eigenvalue weighted by Crippen LogP contribution is 2.22. The van der Waals surface area contributed by atoms with E-state index in [1.54, 1.807) is 6.92 Å². The summed E-state index contributed by atoms with van der Waals surface area (Å²) < 4.78 is 9.93. The highest BCUT2D eigenvalue weighted by molar-refractivity contribution is 6.31. The lowest BCUT2D eigenvalue weighted by atomic mass is 10.1. The quantitative estimate of drug-likeness (QED) is 0.687. The van der Waals surface area contributed by atoms with E-state index in [0.29, 0.717) is 0 Å². The first kappa shape index (κ1) is 17.6. The highest BCUT2D eigenvalue weighted by Gasteiger charge is 2.25. The summed E-state index contributed by atoms with van der Waals surface area (Å²) in [6.07, 6.45) is 0. The van der Waals surface area contributed by atoms with Crippen molar-refractivity contribution in [1.29, 1.82) is 0 Å². The van der Waals surface area contributed by atoms with Gasteiger partial charge in [0, 0.05) is 5.02 Å². The number of carbonyl (C=O) groups excluding carboxylic acids is 3. The van der Waals surface area contributed by atoms with Gasteiger partial charge in [0.25, 0.3) is 0 Å². The van der Waals surface area contributed by atoms with E-state index < -0.39 is 18.0 Å². The molecule has 1 aromatic rings. The fraction of sp³-hybridized carbons (Fsp3) is 0.267.